The van der Waals surface area contributed by atoms with Crippen LogP contribution in [0, 0.1) is 0 Å². The minimum atomic E-state index is 0.544. The Morgan fingerprint density at radius 2 is 1.90 bits per heavy atom. The van der Waals surface area contributed by atoms with Crippen molar-refractivity contribution in [3.8, 4) is 0 Å². The lowest BCUT2D eigenvalue weighted by Gasteiger charge is -2.44. The summed E-state index contributed by atoms with van der Waals surface area (Å²) in [6.07, 6.45) is 0. The van der Waals surface area contributed by atoms with Crippen LogP contribution < -0.4 is 10.2 Å². The maximum atomic E-state index is 6.49. The molecule has 1 fully saturated rings. The summed E-state index contributed by atoms with van der Waals surface area (Å²) in [6.45, 7) is 10.6. The van der Waals surface area contributed by atoms with E-state index in [0.29, 0.717) is 12.1 Å². The summed E-state index contributed by atoms with van der Waals surface area (Å²) in [5.41, 5.74) is 2.50. The molecule has 1 heterocycles. The molecule has 112 valence electrons. The topological polar surface area (TPSA) is 18.5 Å². The van der Waals surface area contributed by atoms with Gasteiger partial charge in [0.25, 0.3) is 0 Å². The quantitative estimate of drug-likeness (QED) is 0.921. The molecule has 1 saturated heterocycles. The minimum absolute atomic E-state index is 0.544. The van der Waals surface area contributed by atoms with Crippen LogP contribution in [0.25, 0.3) is 0 Å². The molecule has 4 heteroatoms. The van der Waals surface area contributed by atoms with E-state index >= 15 is 0 Å². The zero-order chi connectivity index (χ0) is 14.7. The number of nitrogens with one attached hydrogen (secondary N) is 1. The molecule has 0 bridgehead atoms. The zero-order valence-corrected chi connectivity index (χ0v) is 13.7. The largest absolute Gasteiger partial charge is 0.367 e. The first-order valence-corrected chi connectivity index (χ1v) is 7.87. The predicted molar refractivity (Wildman–Crippen MR) is 87.7 cm³/mol. The summed E-state index contributed by atoms with van der Waals surface area (Å²) in [7, 11) is 2.21. The second-order valence-electron chi connectivity index (χ2n) is 5.80. The molecule has 0 aliphatic carbocycles. The van der Waals surface area contributed by atoms with Gasteiger partial charge in [0.15, 0.2) is 0 Å². The number of para-hydroxylation sites is 1. The van der Waals surface area contributed by atoms with Crippen LogP contribution in [0.4, 0.5) is 5.69 Å². The fourth-order valence-electron chi connectivity index (χ4n) is 2.90. The van der Waals surface area contributed by atoms with E-state index in [1.54, 1.807) is 0 Å². The minimum Gasteiger partial charge on any atom is -0.367 e. The first-order chi connectivity index (χ1) is 9.54. The van der Waals surface area contributed by atoms with E-state index < -0.39 is 0 Å². The number of nitrogens with zero attached hydrogens (tertiary/aromatic N) is 2. The lowest BCUT2D eigenvalue weighted by Crippen LogP contribution is -2.55. The molecule has 2 unspecified atom stereocenters. The van der Waals surface area contributed by atoms with Crippen LogP contribution in [0.2, 0.25) is 5.02 Å². The number of halogens is 1. The van der Waals surface area contributed by atoms with Crippen molar-refractivity contribution in [2.75, 3.05) is 31.6 Å². The molecule has 0 spiro atoms. The van der Waals surface area contributed by atoms with Crippen molar-refractivity contribution in [1.82, 2.24) is 10.2 Å². The van der Waals surface area contributed by atoms with Crippen molar-refractivity contribution >= 4 is 17.3 Å². The van der Waals surface area contributed by atoms with Crippen LogP contribution >= 0.6 is 11.6 Å². The fourth-order valence-corrected chi connectivity index (χ4v) is 3.22. The summed E-state index contributed by atoms with van der Waals surface area (Å²) in [5.74, 6) is 0. The van der Waals surface area contributed by atoms with Gasteiger partial charge in [-0.05, 0) is 39.1 Å². The van der Waals surface area contributed by atoms with E-state index in [-0.39, 0.29) is 0 Å². The smallest absolute Gasteiger partial charge is 0.0642 e. The van der Waals surface area contributed by atoms with Gasteiger partial charge in [-0.15, -0.1) is 0 Å². The van der Waals surface area contributed by atoms with Crippen LogP contribution in [0.15, 0.2) is 18.2 Å². The lowest BCUT2D eigenvalue weighted by atomic mass is 10.1. The molecule has 20 heavy (non-hydrogen) atoms. The summed E-state index contributed by atoms with van der Waals surface area (Å²) in [6, 6.07) is 7.31. The predicted octanol–water partition coefficient (Wildman–Crippen LogP) is 2.98. The molecule has 1 aromatic carbocycles. The molecule has 1 aliphatic rings. The molecule has 0 amide bonds. The van der Waals surface area contributed by atoms with Gasteiger partial charge in [0.1, 0.15) is 0 Å². The van der Waals surface area contributed by atoms with E-state index in [1.807, 2.05) is 12.1 Å². The zero-order valence-electron chi connectivity index (χ0n) is 13.0. The van der Waals surface area contributed by atoms with Gasteiger partial charge in [-0.1, -0.05) is 30.7 Å². The summed E-state index contributed by atoms with van der Waals surface area (Å²) >= 11 is 6.49. The molecule has 2 rings (SSSR count). The third-order valence-corrected chi connectivity index (χ3v) is 4.62. The van der Waals surface area contributed by atoms with E-state index in [4.69, 9.17) is 11.6 Å². The Labute approximate surface area is 127 Å². The molecular formula is C16H26ClN3. The maximum Gasteiger partial charge on any atom is 0.0642 e. The third kappa shape index (κ3) is 3.27. The van der Waals surface area contributed by atoms with E-state index in [0.717, 1.165) is 31.2 Å². The summed E-state index contributed by atoms with van der Waals surface area (Å²) in [4.78, 5) is 4.89. The number of hydrogen-bond acceptors (Lipinski definition) is 3. The second kappa shape index (κ2) is 6.79. The van der Waals surface area contributed by atoms with Crippen molar-refractivity contribution in [2.24, 2.45) is 0 Å². The van der Waals surface area contributed by atoms with Crippen LogP contribution in [0.1, 0.15) is 26.3 Å². The van der Waals surface area contributed by atoms with E-state index in [1.165, 1.54) is 11.3 Å². The summed E-state index contributed by atoms with van der Waals surface area (Å²) < 4.78 is 0. The van der Waals surface area contributed by atoms with Gasteiger partial charge in [-0.2, -0.15) is 0 Å². The van der Waals surface area contributed by atoms with Crippen LogP contribution in [-0.2, 0) is 6.54 Å². The third-order valence-electron chi connectivity index (χ3n) is 4.31. The Morgan fingerprint density at radius 3 is 2.50 bits per heavy atom. The van der Waals surface area contributed by atoms with Crippen LogP contribution in [-0.4, -0.2) is 43.7 Å². The molecule has 1 aromatic rings. The number of piperazine rings is 1. The van der Waals surface area contributed by atoms with Crippen molar-refractivity contribution in [1.29, 1.82) is 0 Å². The van der Waals surface area contributed by atoms with Crippen molar-refractivity contribution in [3.63, 3.8) is 0 Å². The molecule has 2 atom stereocenters. The highest BCUT2D eigenvalue weighted by Crippen LogP contribution is 2.32. The number of rotatable bonds is 4. The Bertz CT molecular complexity index is 437. The SMILES string of the molecule is CCNCc1cccc(Cl)c1N1CC(C)N(C)C(C)C1. The van der Waals surface area contributed by atoms with E-state index in [2.05, 4.69) is 49.0 Å². The molecule has 1 N–H and O–H groups in total. The average molecular weight is 296 g/mol. The van der Waals surface area contributed by atoms with E-state index in [9.17, 15) is 0 Å². The van der Waals surface area contributed by atoms with Crippen LogP contribution in [0.3, 0.4) is 0 Å². The highest BCUT2D eigenvalue weighted by atomic mass is 35.5. The fraction of sp³-hybridized carbons (Fsp3) is 0.625. The number of benzene rings is 1. The number of anilines is 1. The normalized spacial score (nSPS) is 24.1. The average Bonchev–Trinajstić information content (AvgIpc) is 2.42. The van der Waals surface area contributed by atoms with Gasteiger partial charge < -0.3 is 10.2 Å². The Morgan fingerprint density at radius 1 is 1.25 bits per heavy atom. The molecule has 0 radical (unpaired) electrons. The van der Waals surface area contributed by atoms with Crippen molar-refractivity contribution in [2.45, 2.75) is 39.4 Å². The lowest BCUT2D eigenvalue weighted by molar-refractivity contribution is 0.170. The first-order valence-electron chi connectivity index (χ1n) is 7.49. The first kappa shape index (κ1) is 15.6. The van der Waals surface area contributed by atoms with Crippen molar-refractivity contribution in [3.05, 3.63) is 28.8 Å². The van der Waals surface area contributed by atoms with Gasteiger partial charge in [0.05, 0.1) is 10.7 Å². The van der Waals surface area contributed by atoms with Gasteiger partial charge in [0, 0.05) is 31.7 Å². The molecule has 0 aromatic heterocycles. The highest BCUT2D eigenvalue weighted by molar-refractivity contribution is 6.33. The highest BCUT2D eigenvalue weighted by Gasteiger charge is 2.28. The van der Waals surface area contributed by atoms with Crippen molar-refractivity contribution < 1.29 is 0 Å². The molecule has 3 nitrogen and oxygen atoms in total. The molecule has 1 aliphatic heterocycles. The van der Waals surface area contributed by atoms with Crippen LogP contribution in [0.5, 0.6) is 0 Å². The van der Waals surface area contributed by atoms with Gasteiger partial charge in [-0.25, -0.2) is 0 Å². The maximum absolute atomic E-state index is 6.49. The Balaban J connectivity index is 2.27. The number of likely N-dealkylation sites (N-methyl/N-ethyl adjacent to an activating group) is 1. The Hall–Kier alpha value is -0.770. The summed E-state index contributed by atoms with van der Waals surface area (Å²) in [5, 5.41) is 4.27. The standard InChI is InChI=1S/C16H26ClN3/c1-5-18-9-14-7-6-8-15(17)16(14)20-10-12(2)19(4)13(3)11-20/h6-8,12-13,18H,5,9-11H2,1-4H3. The van der Waals surface area contributed by atoms with Gasteiger partial charge >= 0.3 is 0 Å². The van der Waals surface area contributed by atoms with Gasteiger partial charge in [-0.3, -0.25) is 4.90 Å². The second-order valence-corrected chi connectivity index (χ2v) is 6.20. The van der Waals surface area contributed by atoms with Gasteiger partial charge in [0.2, 0.25) is 0 Å². The molecular weight excluding hydrogens is 270 g/mol. The Kier molecular flexibility index (Phi) is 5.30. The monoisotopic (exact) mass is 295 g/mol. The molecule has 0 saturated carbocycles. The number of hydrogen-bond donors (Lipinski definition) is 1.